The van der Waals surface area contributed by atoms with E-state index in [-0.39, 0.29) is 42.9 Å². The van der Waals surface area contributed by atoms with Crippen molar-refractivity contribution >= 4 is 18.0 Å². The Labute approximate surface area is 199 Å². The fraction of sp³-hybridized carbons (Fsp3) is 0.444. The van der Waals surface area contributed by atoms with E-state index in [0.717, 1.165) is 17.5 Å². The number of alkyl carbamates (subject to hydrolysis) is 1. The molecule has 2 aliphatic carbocycles. The average Bonchev–Trinajstić information content (AvgIpc) is 3.42. The van der Waals surface area contributed by atoms with Gasteiger partial charge in [0.05, 0.1) is 5.92 Å². The molecule has 2 aromatic carbocycles. The van der Waals surface area contributed by atoms with Crippen molar-refractivity contribution in [1.29, 1.82) is 0 Å². The van der Waals surface area contributed by atoms with Gasteiger partial charge in [0.25, 0.3) is 0 Å². The van der Waals surface area contributed by atoms with E-state index in [2.05, 4.69) is 34.9 Å². The van der Waals surface area contributed by atoms with E-state index in [9.17, 15) is 14.4 Å². The van der Waals surface area contributed by atoms with Crippen LogP contribution >= 0.6 is 0 Å². The normalized spacial score (nSPS) is 19.7. The largest absolute Gasteiger partial charge is 0.481 e. The van der Waals surface area contributed by atoms with Crippen molar-refractivity contribution in [2.24, 2.45) is 5.92 Å². The van der Waals surface area contributed by atoms with Gasteiger partial charge in [0.15, 0.2) is 0 Å². The van der Waals surface area contributed by atoms with Crippen molar-refractivity contribution < 1.29 is 24.2 Å². The lowest BCUT2D eigenvalue weighted by Crippen LogP contribution is -2.46. The second-order valence-corrected chi connectivity index (χ2v) is 9.16. The first-order valence-corrected chi connectivity index (χ1v) is 12.1. The van der Waals surface area contributed by atoms with Crippen molar-refractivity contribution in [2.45, 2.75) is 63.5 Å². The number of fused-ring (bicyclic) bond motifs is 3. The molecule has 0 saturated heterocycles. The van der Waals surface area contributed by atoms with Gasteiger partial charge in [-0.2, -0.15) is 0 Å². The Balaban J connectivity index is 1.33. The smallest absolute Gasteiger partial charge is 0.407 e. The third-order valence-corrected chi connectivity index (χ3v) is 7.05. The molecule has 0 spiro atoms. The van der Waals surface area contributed by atoms with Crippen LogP contribution in [-0.2, 0) is 14.3 Å². The first-order valence-electron chi connectivity index (χ1n) is 12.1. The quantitative estimate of drug-likeness (QED) is 0.508. The molecule has 0 aliphatic heterocycles. The van der Waals surface area contributed by atoms with Gasteiger partial charge in [-0.3, -0.25) is 9.59 Å². The topological polar surface area (TPSA) is 105 Å². The fourth-order valence-corrected chi connectivity index (χ4v) is 5.22. The lowest BCUT2D eigenvalue weighted by molar-refractivity contribution is -0.137. The molecule has 0 bridgehead atoms. The van der Waals surface area contributed by atoms with Crippen LogP contribution in [0.5, 0.6) is 0 Å². The number of nitrogens with one attached hydrogen (secondary N) is 2. The third-order valence-electron chi connectivity index (χ3n) is 7.05. The van der Waals surface area contributed by atoms with Gasteiger partial charge in [0, 0.05) is 24.4 Å². The van der Waals surface area contributed by atoms with E-state index in [1.165, 1.54) is 11.1 Å². The number of ether oxygens (including phenoxy) is 1. The molecule has 3 atom stereocenters. The summed E-state index contributed by atoms with van der Waals surface area (Å²) in [6.45, 7) is 2.16. The Kier molecular flexibility index (Phi) is 7.50. The Morgan fingerprint density at radius 1 is 1.03 bits per heavy atom. The summed E-state index contributed by atoms with van der Waals surface area (Å²) in [7, 11) is 0. The summed E-state index contributed by atoms with van der Waals surface area (Å²) < 4.78 is 5.65. The lowest BCUT2D eigenvalue weighted by atomic mass is 9.98. The van der Waals surface area contributed by atoms with Crippen LogP contribution in [0.3, 0.4) is 0 Å². The van der Waals surface area contributed by atoms with E-state index in [1.54, 1.807) is 0 Å². The molecular weight excluding hydrogens is 432 g/mol. The number of rotatable bonds is 9. The molecular formula is C27H32N2O5. The third kappa shape index (κ3) is 5.24. The monoisotopic (exact) mass is 464 g/mol. The molecule has 34 heavy (non-hydrogen) atoms. The van der Waals surface area contributed by atoms with Crippen LogP contribution in [-0.4, -0.2) is 41.8 Å². The number of carboxylic acids is 1. The maximum Gasteiger partial charge on any atom is 0.407 e. The van der Waals surface area contributed by atoms with Crippen LogP contribution in [0, 0.1) is 5.92 Å². The molecule has 1 fully saturated rings. The predicted molar refractivity (Wildman–Crippen MR) is 128 cm³/mol. The van der Waals surface area contributed by atoms with E-state index < -0.39 is 12.1 Å². The Hall–Kier alpha value is -3.35. The van der Waals surface area contributed by atoms with E-state index >= 15 is 0 Å². The Morgan fingerprint density at radius 2 is 1.68 bits per heavy atom. The average molecular weight is 465 g/mol. The van der Waals surface area contributed by atoms with Crippen LogP contribution < -0.4 is 10.6 Å². The molecule has 2 aliphatic rings. The van der Waals surface area contributed by atoms with Gasteiger partial charge < -0.3 is 20.5 Å². The van der Waals surface area contributed by atoms with Crippen molar-refractivity contribution in [3.05, 3.63) is 59.7 Å². The highest BCUT2D eigenvalue weighted by molar-refractivity contribution is 5.81. The molecule has 1 unspecified atom stereocenters. The van der Waals surface area contributed by atoms with E-state index in [1.807, 2.05) is 31.2 Å². The number of hydrogen-bond acceptors (Lipinski definition) is 4. The molecule has 0 radical (unpaired) electrons. The number of carbonyl (C=O) groups is 3. The summed E-state index contributed by atoms with van der Waals surface area (Å²) in [5, 5.41) is 14.8. The first-order chi connectivity index (χ1) is 16.5. The summed E-state index contributed by atoms with van der Waals surface area (Å²) >= 11 is 0. The summed E-state index contributed by atoms with van der Waals surface area (Å²) in [4.78, 5) is 36.4. The number of hydrogen-bond donors (Lipinski definition) is 3. The number of aliphatic carboxylic acids is 1. The molecule has 0 aromatic heterocycles. The van der Waals surface area contributed by atoms with Gasteiger partial charge in [-0.15, -0.1) is 0 Å². The number of benzene rings is 2. The molecule has 4 rings (SSSR count). The van der Waals surface area contributed by atoms with Gasteiger partial charge in [0.2, 0.25) is 5.91 Å². The van der Waals surface area contributed by atoms with Crippen LogP contribution in [0.15, 0.2) is 48.5 Å². The minimum atomic E-state index is -0.872. The Morgan fingerprint density at radius 3 is 2.29 bits per heavy atom. The highest BCUT2D eigenvalue weighted by Crippen LogP contribution is 2.44. The standard InChI is InChI=1S/C27H32N2O5/c1-2-17(14-15-25(30)31)28-26(32)22-12-7-13-24(22)29-27(33)34-16-23-20-10-5-3-8-18(20)19-9-4-6-11-21(19)23/h3-6,8-11,17,22-24H,2,7,12-16H2,1H3,(H,28,32)(H,29,33)(H,30,31)/t17?,22-,24+/m1/s1. The second kappa shape index (κ2) is 10.7. The predicted octanol–water partition coefficient (Wildman–Crippen LogP) is 4.45. The van der Waals surface area contributed by atoms with E-state index in [4.69, 9.17) is 9.84 Å². The minimum absolute atomic E-state index is 0.0135. The van der Waals surface area contributed by atoms with Gasteiger partial charge in [-0.05, 0) is 47.9 Å². The van der Waals surface area contributed by atoms with Gasteiger partial charge in [0.1, 0.15) is 6.61 Å². The van der Waals surface area contributed by atoms with Crippen LogP contribution in [0.4, 0.5) is 4.79 Å². The minimum Gasteiger partial charge on any atom is -0.481 e. The maximum atomic E-state index is 12.8. The van der Waals surface area contributed by atoms with Crippen LogP contribution in [0.2, 0.25) is 0 Å². The molecule has 180 valence electrons. The maximum absolute atomic E-state index is 12.8. The molecule has 2 amide bonds. The van der Waals surface area contributed by atoms with Crippen molar-refractivity contribution in [2.75, 3.05) is 6.61 Å². The molecule has 7 nitrogen and oxygen atoms in total. The van der Waals surface area contributed by atoms with Crippen LogP contribution in [0.25, 0.3) is 11.1 Å². The van der Waals surface area contributed by atoms with Crippen molar-refractivity contribution in [3.8, 4) is 11.1 Å². The summed E-state index contributed by atoms with van der Waals surface area (Å²) in [5.74, 6) is -1.35. The SMILES string of the molecule is CCC(CCC(=O)O)NC(=O)[C@@H]1CCC[C@@H]1NC(=O)OCC1c2ccccc2-c2ccccc21. The zero-order valence-corrected chi connectivity index (χ0v) is 19.5. The first kappa shape index (κ1) is 23.8. The van der Waals surface area contributed by atoms with Crippen molar-refractivity contribution in [3.63, 3.8) is 0 Å². The molecule has 3 N–H and O–H groups in total. The zero-order chi connectivity index (χ0) is 24.1. The molecule has 7 heteroatoms. The molecule has 2 aromatic rings. The highest BCUT2D eigenvalue weighted by Gasteiger charge is 2.35. The number of amides is 2. The zero-order valence-electron chi connectivity index (χ0n) is 19.5. The lowest BCUT2D eigenvalue weighted by Gasteiger charge is -2.24. The number of carboxylic acid groups (broad SMARTS) is 1. The summed E-state index contributed by atoms with van der Waals surface area (Å²) in [5.41, 5.74) is 4.66. The van der Waals surface area contributed by atoms with Crippen LogP contribution in [0.1, 0.15) is 62.5 Å². The van der Waals surface area contributed by atoms with Gasteiger partial charge >= 0.3 is 12.1 Å². The van der Waals surface area contributed by atoms with Gasteiger partial charge in [-0.25, -0.2) is 4.79 Å². The molecule has 1 saturated carbocycles. The van der Waals surface area contributed by atoms with E-state index in [0.29, 0.717) is 25.7 Å². The fourth-order valence-electron chi connectivity index (χ4n) is 5.22. The second-order valence-electron chi connectivity index (χ2n) is 9.16. The molecule has 0 heterocycles. The highest BCUT2D eigenvalue weighted by atomic mass is 16.5. The Bertz CT molecular complexity index is 1010. The number of carbonyl (C=O) groups excluding carboxylic acids is 2. The van der Waals surface area contributed by atoms with Crippen molar-refractivity contribution in [1.82, 2.24) is 10.6 Å². The summed E-state index contributed by atoms with van der Waals surface area (Å²) in [6.07, 6.45) is 2.82. The van der Waals surface area contributed by atoms with Gasteiger partial charge in [-0.1, -0.05) is 61.9 Å². The summed E-state index contributed by atoms with van der Waals surface area (Å²) in [6, 6.07) is 15.9.